The Morgan fingerprint density at radius 3 is 2.88 bits per heavy atom. The van der Waals surface area contributed by atoms with Gasteiger partial charge in [0.25, 0.3) is 0 Å². The van der Waals surface area contributed by atoms with Crippen LogP contribution in [0.25, 0.3) is 11.4 Å². The van der Waals surface area contributed by atoms with Crippen LogP contribution in [-0.4, -0.2) is 28.3 Å². The highest BCUT2D eigenvalue weighted by molar-refractivity contribution is 5.90. The number of nitrogens with one attached hydrogen (secondary N) is 2. The molecule has 0 saturated heterocycles. The summed E-state index contributed by atoms with van der Waals surface area (Å²) in [4.78, 5) is 24.7. The van der Waals surface area contributed by atoms with E-state index in [-0.39, 0.29) is 0 Å². The fourth-order valence-electron chi connectivity index (χ4n) is 1.32. The van der Waals surface area contributed by atoms with Gasteiger partial charge in [-0.2, -0.15) is 5.10 Å². The van der Waals surface area contributed by atoms with Gasteiger partial charge < -0.3 is 4.74 Å². The van der Waals surface area contributed by atoms with E-state index >= 15 is 0 Å². The van der Waals surface area contributed by atoms with Gasteiger partial charge in [0.15, 0.2) is 5.82 Å². The van der Waals surface area contributed by atoms with Crippen LogP contribution in [0, 0.1) is 0 Å². The number of ether oxygens (including phenoxy) is 1. The fraction of sp³-hybridized carbons (Fsp3) is 0.100. The SMILES string of the molecule is COC(=O)c1cccc(-c2n[nH]c(=O)[nH]2)c1. The second kappa shape index (κ2) is 4.01. The summed E-state index contributed by atoms with van der Waals surface area (Å²) in [7, 11) is 1.31. The third-order valence-corrected chi connectivity index (χ3v) is 2.06. The van der Waals surface area contributed by atoms with Gasteiger partial charge in [-0.1, -0.05) is 12.1 Å². The molecule has 82 valence electrons. The Kier molecular flexibility index (Phi) is 2.55. The number of hydrogen-bond acceptors (Lipinski definition) is 4. The smallest absolute Gasteiger partial charge is 0.340 e. The topological polar surface area (TPSA) is 87.8 Å². The van der Waals surface area contributed by atoms with Crippen LogP contribution >= 0.6 is 0 Å². The lowest BCUT2D eigenvalue weighted by Gasteiger charge is -2.00. The highest BCUT2D eigenvalue weighted by Gasteiger charge is 2.08. The molecule has 1 aromatic carbocycles. The molecule has 1 aromatic heterocycles. The number of benzene rings is 1. The molecule has 2 aromatic rings. The average Bonchev–Trinajstić information content (AvgIpc) is 2.75. The molecule has 0 aliphatic heterocycles. The summed E-state index contributed by atoms with van der Waals surface area (Å²) in [6.45, 7) is 0. The Hall–Kier alpha value is -2.37. The number of rotatable bonds is 2. The van der Waals surface area contributed by atoms with E-state index in [1.165, 1.54) is 7.11 Å². The third-order valence-electron chi connectivity index (χ3n) is 2.06. The number of aromatic amines is 2. The minimum Gasteiger partial charge on any atom is -0.465 e. The molecule has 16 heavy (non-hydrogen) atoms. The number of hydrogen-bond donors (Lipinski definition) is 2. The Labute approximate surface area is 90.3 Å². The van der Waals surface area contributed by atoms with Gasteiger partial charge in [0.1, 0.15) is 0 Å². The summed E-state index contributed by atoms with van der Waals surface area (Å²) in [5, 5.41) is 6.02. The Morgan fingerprint density at radius 1 is 1.44 bits per heavy atom. The Bertz CT molecular complexity index is 570. The molecule has 0 saturated carbocycles. The van der Waals surface area contributed by atoms with Crippen molar-refractivity contribution in [1.82, 2.24) is 15.2 Å². The lowest BCUT2D eigenvalue weighted by molar-refractivity contribution is 0.0601. The van der Waals surface area contributed by atoms with Gasteiger partial charge in [0.2, 0.25) is 0 Å². The highest BCUT2D eigenvalue weighted by atomic mass is 16.5. The first-order valence-corrected chi connectivity index (χ1v) is 4.54. The zero-order valence-electron chi connectivity index (χ0n) is 8.48. The lowest BCUT2D eigenvalue weighted by atomic mass is 10.1. The van der Waals surface area contributed by atoms with E-state index in [1.54, 1.807) is 24.3 Å². The van der Waals surface area contributed by atoms with Gasteiger partial charge >= 0.3 is 11.7 Å². The van der Waals surface area contributed by atoms with Crippen LogP contribution in [-0.2, 0) is 4.74 Å². The van der Waals surface area contributed by atoms with Crippen molar-refractivity contribution in [2.24, 2.45) is 0 Å². The first-order valence-electron chi connectivity index (χ1n) is 4.54. The van der Waals surface area contributed by atoms with Crippen LogP contribution < -0.4 is 5.69 Å². The van der Waals surface area contributed by atoms with Crippen LogP contribution in [0.3, 0.4) is 0 Å². The molecule has 6 nitrogen and oxygen atoms in total. The van der Waals surface area contributed by atoms with Crippen molar-refractivity contribution in [2.45, 2.75) is 0 Å². The fourth-order valence-corrected chi connectivity index (χ4v) is 1.32. The van der Waals surface area contributed by atoms with E-state index in [4.69, 9.17) is 0 Å². The number of carbonyl (C=O) groups is 1. The molecule has 6 heteroatoms. The second-order valence-corrected chi connectivity index (χ2v) is 3.10. The van der Waals surface area contributed by atoms with E-state index < -0.39 is 11.7 Å². The predicted octanol–water partition coefficient (Wildman–Crippen LogP) is 0.552. The third kappa shape index (κ3) is 1.85. The molecule has 0 spiro atoms. The normalized spacial score (nSPS) is 10.1. The van der Waals surface area contributed by atoms with E-state index in [0.29, 0.717) is 17.0 Å². The number of H-pyrrole nitrogens is 2. The maximum Gasteiger partial charge on any atom is 0.340 e. The summed E-state index contributed by atoms with van der Waals surface area (Å²) in [5.74, 6) is -0.0458. The Balaban J connectivity index is 2.43. The molecule has 0 radical (unpaired) electrons. The number of esters is 1. The molecule has 0 atom stereocenters. The largest absolute Gasteiger partial charge is 0.465 e. The van der Waals surface area contributed by atoms with Gasteiger partial charge in [0.05, 0.1) is 12.7 Å². The zero-order valence-corrected chi connectivity index (χ0v) is 8.48. The van der Waals surface area contributed by atoms with Gasteiger partial charge in [0, 0.05) is 5.56 Å². The molecule has 0 aliphatic carbocycles. The predicted molar refractivity (Wildman–Crippen MR) is 56.0 cm³/mol. The van der Waals surface area contributed by atoms with Gasteiger partial charge in [-0.15, -0.1) is 0 Å². The van der Waals surface area contributed by atoms with E-state index in [2.05, 4.69) is 19.9 Å². The number of methoxy groups -OCH3 is 1. The summed E-state index contributed by atoms with van der Waals surface area (Å²) in [6.07, 6.45) is 0. The molecule has 0 unspecified atom stereocenters. The molecule has 0 bridgehead atoms. The number of aromatic nitrogens is 3. The Morgan fingerprint density at radius 2 is 2.25 bits per heavy atom. The van der Waals surface area contributed by atoms with Crippen molar-refractivity contribution in [3.8, 4) is 11.4 Å². The first-order chi connectivity index (χ1) is 7.70. The summed E-state index contributed by atoms with van der Waals surface area (Å²) >= 11 is 0. The van der Waals surface area contributed by atoms with Crippen molar-refractivity contribution >= 4 is 5.97 Å². The maximum absolute atomic E-state index is 11.3. The first kappa shape index (κ1) is 10.2. The lowest BCUT2D eigenvalue weighted by Crippen LogP contribution is -2.02. The van der Waals surface area contributed by atoms with Gasteiger partial charge in [-0.25, -0.2) is 14.7 Å². The molecule has 1 heterocycles. The van der Waals surface area contributed by atoms with Crippen LogP contribution in [0.15, 0.2) is 29.1 Å². The van der Waals surface area contributed by atoms with Gasteiger partial charge in [-0.3, -0.25) is 4.98 Å². The molecule has 2 rings (SSSR count). The summed E-state index contributed by atoms with van der Waals surface area (Å²) < 4.78 is 4.59. The summed E-state index contributed by atoms with van der Waals surface area (Å²) in [6, 6.07) is 6.64. The van der Waals surface area contributed by atoms with Gasteiger partial charge in [-0.05, 0) is 12.1 Å². The molecule has 2 N–H and O–H groups in total. The second-order valence-electron chi connectivity index (χ2n) is 3.10. The molecule has 0 fully saturated rings. The van der Waals surface area contributed by atoms with E-state index in [0.717, 1.165) is 0 Å². The van der Waals surface area contributed by atoms with E-state index in [9.17, 15) is 9.59 Å². The number of nitrogens with zero attached hydrogens (tertiary/aromatic N) is 1. The van der Waals surface area contributed by atoms with Crippen molar-refractivity contribution in [1.29, 1.82) is 0 Å². The summed E-state index contributed by atoms with van der Waals surface area (Å²) in [5.41, 5.74) is 0.656. The van der Waals surface area contributed by atoms with Crippen LogP contribution in [0.2, 0.25) is 0 Å². The molecule has 0 aliphatic rings. The van der Waals surface area contributed by atoms with Crippen molar-refractivity contribution in [3.05, 3.63) is 40.3 Å². The minimum atomic E-state index is -0.431. The highest BCUT2D eigenvalue weighted by Crippen LogP contribution is 2.15. The van der Waals surface area contributed by atoms with E-state index in [1.807, 2.05) is 0 Å². The maximum atomic E-state index is 11.3. The molecule has 0 amide bonds. The van der Waals surface area contributed by atoms with Crippen molar-refractivity contribution in [2.75, 3.05) is 7.11 Å². The molecular formula is C10H9N3O3. The van der Waals surface area contributed by atoms with Crippen LogP contribution in [0.1, 0.15) is 10.4 Å². The molecular weight excluding hydrogens is 210 g/mol. The zero-order chi connectivity index (χ0) is 11.5. The quantitative estimate of drug-likeness (QED) is 0.722. The van der Waals surface area contributed by atoms with Crippen molar-refractivity contribution < 1.29 is 9.53 Å². The standard InChI is InChI=1S/C10H9N3O3/c1-16-9(14)7-4-2-3-6(5-7)8-11-10(15)13-12-8/h2-5H,1H3,(H2,11,12,13,15). The minimum absolute atomic E-state index is 0.385. The van der Waals surface area contributed by atoms with Crippen LogP contribution in [0.4, 0.5) is 0 Å². The monoisotopic (exact) mass is 219 g/mol. The average molecular weight is 219 g/mol. The number of carbonyl (C=O) groups excluding carboxylic acids is 1. The van der Waals surface area contributed by atoms with Crippen LogP contribution in [0.5, 0.6) is 0 Å². The van der Waals surface area contributed by atoms with Crippen molar-refractivity contribution in [3.63, 3.8) is 0 Å².